The highest BCUT2D eigenvalue weighted by molar-refractivity contribution is 9.10. The number of thioether (sulfide) groups is 1. The lowest BCUT2D eigenvalue weighted by atomic mass is 10.0. The molecule has 1 aromatic rings. The van der Waals surface area contributed by atoms with Crippen LogP contribution in [0.3, 0.4) is 0 Å². The Morgan fingerprint density at radius 1 is 1.33 bits per heavy atom. The average Bonchev–Trinajstić information content (AvgIpc) is 2.87. The fourth-order valence-corrected chi connectivity index (χ4v) is 3.76. The second-order valence-corrected chi connectivity index (χ2v) is 6.92. The van der Waals surface area contributed by atoms with Crippen molar-refractivity contribution in [2.45, 2.75) is 50.7 Å². The van der Waals surface area contributed by atoms with Gasteiger partial charge < -0.3 is 0 Å². The molecule has 0 atom stereocenters. The number of halogens is 2. The molecule has 1 fully saturated rings. The van der Waals surface area contributed by atoms with Crippen LogP contribution in [0.15, 0.2) is 4.47 Å². The molecule has 1 saturated carbocycles. The van der Waals surface area contributed by atoms with Crippen LogP contribution < -0.4 is 0 Å². The largest absolute Gasteiger partial charge is 0.235 e. The molecule has 2 rings (SSSR count). The summed E-state index contributed by atoms with van der Waals surface area (Å²) >= 11 is 11.6. The lowest BCUT2D eigenvalue weighted by Gasteiger charge is -2.13. The number of aromatic nitrogens is 2. The molecule has 1 heterocycles. The van der Waals surface area contributed by atoms with Crippen molar-refractivity contribution in [3.8, 4) is 0 Å². The first-order valence-corrected chi connectivity index (χ1v) is 8.84. The molecule has 0 radical (unpaired) electrons. The Kier molecular flexibility index (Phi) is 5.77. The Labute approximate surface area is 126 Å². The first-order valence-electron chi connectivity index (χ1n) is 6.52. The summed E-state index contributed by atoms with van der Waals surface area (Å²) in [6.07, 6.45) is 6.25. The van der Waals surface area contributed by atoms with Crippen LogP contribution in [0.1, 0.15) is 56.5 Å². The first kappa shape index (κ1) is 14.6. The van der Waals surface area contributed by atoms with Crippen LogP contribution in [0, 0.1) is 0 Å². The van der Waals surface area contributed by atoms with Gasteiger partial charge in [0.25, 0.3) is 0 Å². The fraction of sp³-hybridized carbons (Fsp3) is 0.692. The van der Waals surface area contributed by atoms with Crippen molar-refractivity contribution in [3.63, 3.8) is 0 Å². The Balaban J connectivity index is 2.16. The van der Waals surface area contributed by atoms with E-state index in [-0.39, 0.29) is 0 Å². The van der Waals surface area contributed by atoms with Crippen molar-refractivity contribution in [3.05, 3.63) is 21.1 Å². The topological polar surface area (TPSA) is 25.8 Å². The molecule has 0 amide bonds. The molecule has 0 N–H and O–H groups in total. The molecule has 18 heavy (non-hydrogen) atoms. The summed E-state index contributed by atoms with van der Waals surface area (Å²) in [5, 5.41) is 0.569. The zero-order valence-electron chi connectivity index (χ0n) is 10.6. The van der Waals surface area contributed by atoms with E-state index in [4.69, 9.17) is 16.6 Å². The monoisotopic (exact) mass is 348 g/mol. The van der Waals surface area contributed by atoms with Gasteiger partial charge in [0, 0.05) is 5.92 Å². The number of hydrogen-bond acceptors (Lipinski definition) is 3. The molecular formula is C13H18BrClN2S. The molecule has 2 nitrogen and oxygen atoms in total. The van der Waals surface area contributed by atoms with Gasteiger partial charge in [-0.3, -0.25) is 0 Å². The zero-order chi connectivity index (χ0) is 13.0. The van der Waals surface area contributed by atoms with E-state index in [1.807, 2.05) is 11.8 Å². The molecule has 0 aromatic carbocycles. The van der Waals surface area contributed by atoms with Crippen LogP contribution in [0.25, 0.3) is 0 Å². The highest BCUT2D eigenvalue weighted by Gasteiger charge is 2.23. The lowest BCUT2D eigenvalue weighted by molar-refractivity contribution is 0.683. The zero-order valence-corrected chi connectivity index (χ0v) is 13.7. The SMILES string of the molecule is CCCSCc1nc(Cl)c(Br)c(C2CCCC2)n1. The van der Waals surface area contributed by atoms with Gasteiger partial charge in [0.05, 0.1) is 15.9 Å². The molecule has 0 aliphatic heterocycles. The van der Waals surface area contributed by atoms with Crippen molar-refractivity contribution >= 4 is 39.3 Å². The van der Waals surface area contributed by atoms with Crippen molar-refractivity contribution in [2.75, 3.05) is 5.75 Å². The van der Waals surface area contributed by atoms with E-state index >= 15 is 0 Å². The van der Waals surface area contributed by atoms with Crippen LogP contribution >= 0.6 is 39.3 Å². The fourth-order valence-electron chi connectivity index (χ4n) is 2.32. The summed E-state index contributed by atoms with van der Waals surface area (Å²) < 4.78 is 0.903. The van der Waals surface area contributed by atoms with E-state index in [0.29, 0.717) is 11.1 Å². The number of nitrogens with zero attached hydrogens (tertiary/aromatic N) is 2. The Morgan fingerprint density at radius 3 is 2.72 bits per heavy atom. The standard InChI is InChI=1S/C13H18BrClN2S/c1-2-7-18-8-10-16-12(9-5-3-4-6-9)11(14)13(15)17-10/h9H,2-8H2,1H3. The normalized spacial score (nSPS) is 16.4. The third kappa shape index (κ3) is 3.61. The van der Waals surface area contributed by atoms with Gasteiger partial charge in [-0.25, -0.2) is 9.97 Å². The second kappa shape index (κ2) is 7.11. The lowest BCUT2D eigenvalue weighted by Crippen LogP contribution is -2.04. The summed E-state index contributed by atoms with van der Waals surface area (Å²) in [5.74, 6) is 3.45. The van der Waals surface area contributed by atoms with Gasteiger partial charge in [-0.15, -0.1) is 0 Å². The van der Waals surface area contributed by atoms with E-state index in [1.165, 1.54) is 32.1 Å². The van der Waals surface area contributed by atoms with Crippen molar-refractivity contribution in [1.29, 1.82) is 0 Å². The van der Waals surface area contributed by atoms with Crippen LogP contribution in [0.4, 0.5) is 0 Å². The van der Waals surface area contributed by atoms with E-state index < -0.39 is 0 Å². The Bertz CT molecular complexity index is 408. The third-order valence-electron chi connectivity index (χ3n) is 3.20. The molecule has 0 unspecified atom stereocenters. The molecule has 1 aromatic heterocycles. The minimum Gasteiger partial charge on any atom is -0.235 e. The number of rotatable bonds is 5. The van der Waals surface area contributed by atoms with Gasteiger partial charge in [0.15, 0.2) is 0 Å². The van der Waals surface area contributed by atoms with Crippen LogP contribution in [0.2, 0.25) is 5.15 Å². The van der Waals surface area contributed by atoms with Gasteiger partial charge in [0.1, 0.15) is 11.0 Å². The van der Waals surface area contributed by atoms with Gasteiger partial charge >= 0.3 is 0 Å². The highest BCUT2D eigenvalue weighted by Crippen LogP contribution is 2.38. The first-order chi connectivity index (χ1) is 8.72. The van der Waals surface area contributed by atoms with Gasteiger partial charge in [0.2, 0.25) is 0 Å². The maximum absolute atomic E-state index is 6.20. The van der Waals surface area contributed by atoms with Crippen molar-refractivity contribution in [1.82, 2.24) is 9.97 Å². The minimum atomic E-state index is 0.565. The molecule has 0 bridgehead atoms. The van der Waals surface area contributed by atoms with E-state index in [9.17, 15) is 0 Å². The summed E-state index contributed by atoms with van der Waals surface area (Å²) in [4.78, 5) is 9.09. The highest BCUT2D eigenvalue weighted by atomic mass is 79.9. The number of hydrogen-bond donors (Lipinski definition) is 0. The predicted octanol–water partition coefficient (Wildman–Crippen LogP) is 5.19. The maximum atomic E-state index is 6.20. The van der Waals surface area contributed by atoms with Gasteiger partial charge in [-0.2, -0.15) is 11.8 Å². The van der Waals surface area contributed by atoms with Gasteiger partial charge in [-0.1, -0.05) is 31.4 Å². The second-order valence-electron chi connectivity index (χ2n) is 4.66. The molecule has 100 valence electrons. The molecule has 1 aliphatic rings. The summed E-state index contributed by atoms with van der Waals surface area (Å²) in [6, 6.07) is 0. The van der Waals surface area contributed by atoms with E-state index in [1.54, 1.807) is 0 Å². The Morgan fingerprint density at radius 2 is 2.06 bits per heavy atom. The third-order valence-corrected chi connectivity index (χ3v) is 5.65. The van der Waals surface area contributed by atoms with E-state index in [2.05, 4.69) is 27.8 Å². The summed E-state index contributed by atoms with van der Waals surface area (Å²) in [5.41, 5.74) is 1.12. The smallest absolute Gasteiger partial charge is 0.147 e. The quantitative estimate of drug-likeness (QED) is 0.540. The van der Waals surface area contributed by atoms with Crippen molar-refractivity contribution in [2.24, 2.45) is 0 Å². The molecule has 0 spiro atoms. The summed E-state index contributed by atoms with van der Waals surface area (Å²) in [6.45, 7) is 2.19. The molecule has 1 aliphatic carbocycles. The summed E-state index contributed by atoms with van der Waals surface area (Å²) in [7, 11) is 0. The maximum Gasteiger partial charge on any atom is 0.147 e. The molecular weight excluding hydrogens is 332 g/mol. The molecule has 5 heteroatoms. The van der Waals surface area contributed by atoms with Gasteiger partial charge in [-0.05, 0) is 40.9 Å². The molecule has 0 saturated heterocycles. The average molecular weight is 350 g/mol. The minimum absolute atomic E-state index is 0.565. The Hall–Kier alpha value is 0.200. The van der Waals surface area contributed by atoms with Crippen LogP contribution in [-0.2, 0) is 5.75 Å². The predicted molar refractivity (Wildman–Crippen MR) is 82.4 cm³/mol. The van der Waals surface area contributed by atoms with Crippen molar-refractivity contribution < 1.29 is 0 Å². The van der Waals surface area contributed by atoms with E-state index in [0.717, 1.165) is 27.5 Å². The van der Waals surface area contributed by atoms with Crippen LogP contribution in [-0.4, -0.2) is 15.7 Å². The van der Waals surface area contributed by atoms with Crippen LogP contribution in [0.5, 0.6) is 0 Å².